The summed E-state index contributed by atoms with van der Waals surface area (Å²) in [5.41, 5.74) is 10.5. The van der Waals surface area contributed by atoms with Crippen LogP contribution in [0.1, 0.15) is 307 Å². The average Bonchev–Trinajstić information content (AvgIpc) is 1.55. The Morgan fingerprint density at radius 2 is 0.794 bits per heavy atom. The van der Waals surface area contributed by atoms with Crippen LogP contribution >= 0.6 is 46.2 Å². The van der Waals surface area contributed by atoms with E-state index in [2.05, 4.69) is 165 Å². The Morgan fingerprint density at radius 3 is 1.26 bits per heavy atom. The highest BCUT2D eigenvalue weighted by Crippen LogP contribution is 2.53. The quantitative estimate of drug-likeness (QED) is 0.0356. The number of hydrogen-bond donors (Lipinski definition) is 0. The third-order valence-electron chi connectivity index (χ3n) is 22.1. The van der Waals surface area contributed by atoms with Crippen molar-refractivity contribution in [1.29, 1.82) is 0 Å². The van der Waals surface area contributed by atoms with E-state index >= 15 is 9.59 Å². The first-order valence-electron chi connectivity index (χ1n) is 41.4. The first-order valence-corrected chi connectivity index (χ1v) is 44.8. The number of unbranched alkanes of at least 4 members (excludes halogenated alkanes) is 32. The molecule has 0 bridgehead atoms. The topological polar surface area (TPSA) is 65.9 Å². The van der Waals surface area contributed by atoms with Crippen molar-refractivity contribution in [3.8, 4) is 42.6 Å². The van der Waals surface area contributed by atoms with Gasteiger partial charge in [0, 0.05) is 34.3 Å². The van der Waals surface area contributed by atoms with Crippen LogP contribution in [0.5, 0.6) is 0 Å². The van der Waals surface area contributed by atoms with Crippen LogP contribution in [0.25, 0.3) is 48.3 Å². The van der Waals surface area contributed by atoms with E-state index in [1.807, 2.05) is 29.7 Å². The SMILES string of the molecule is CCCCCCCCCCCCC(CCCCCCCCCC)CN1C(=O)C2=C(C3CN=C(C4=CCC(c5ccc(-c6ccccc6)cc5)S4)S3)N(CC(CCCCCCCCCC)CCCCCCCCCCCC)C(=O)C2=C1c1cnc(-c2ccc(-c3ccc(-c4ccccc4)cc3)s2)s1. The maximum absolute atomic E-state index is 16.6. The Labute approximate surface area is 634 Å². The van der Waals surface area contributed by atoms with Gasteiger partial charge in [-0.05, 0) is 89.5 Å². The van der Waals surface area contributed by atoms with E-state index in [9.17, 15) is 0 Å². The van der Waals surface area contributed by atoms with Gasteiger partial charge in [-0.3, -0.25) is 14.6 Å². The number of allylic oxidation sites excluding steroid dienone is 1. The van der Waals surface area contributed by atoms with Crippen molar-refractivity contribution >= 4 is 68.8 Å². The van der Waals surface area contributed by atoms with Gasteiger partial charge in [0.25, 0.3) is 11.8 Å². The molecule has 0 saturated heterocycles. The molecule has 6 nitrogen and oxygen atoms in total. The van der Waals surface area contributed by atoms with E-state index in [0.29, 0.717) is 47.9 Å². The van der Waals surface area contributed by atoms with E-state index in [1.165, 1.54) is 274 Å². The molecule has 0 N–H and O–H groups in total. The van der Waals surface area contributed by atoms with Crippen LogP contribution in [0.15, 0.2) is 160 Å². The summed E-state index contributed by atoms with van der Waals surface area (Å²) in [4.78, 5) is 52.7. The molecule has 0 saturated carbocycles. The van der Waals surface area contributed by atoms with Crippen LogP contribution in [-0.2, 0) is 9.59 Å². The molecule has 0 radical (unpaired) electrons. The highest BCUT2D eigenvalue weighted by atomic mass is 32.2. The zero-order chi connectivity index (χ0) is 70.8. The molecule has 6 aromatic rings. The molecule has 4 unspecified atom stereocenters. The van der Waals surface area contributed by atoms with Crippen molar-refractivity contribution in [2.45, 2.75) is 301 Å². The lowest BCUT2D eigenvalue weighted by Crippen LogP contribution is -2.38. The zero-order valence-corrected chi connectivity index (χ0v) is 66.6. The Balaban J connectivity index is 0.968. The molecule has 2 amide bonds. The lowest BCUT2D eigenvalue weighted by atomic mass is 9.93. The van der Waals surface area contributed by atoms with Gasteiger partial charge in [0.05, 0.1) is 44.1 Å². The van der Waals surface area contributed by atoms with E-state index in [1.54, 1.807) is 22.7 Å². The third-order valence-corrected chi connectivity index (χ3v) is 27.2. The summed E-state index contributed by atoms with van der Waals surface area (Å²) in [5.74, 6) is 0.726. The number of hydrogen-bond acceptors (Lipinski definition) is 8. The number of thioether (sulfide) groups is 2. The van der Waals surface area contributed by atoms with Gasteiger partial charge in [-0.25, -0.2) is 4.98 Å². The van der Waals surface area contributed by atoms with Crippen LogP contribution in [0.4, 0.5) is 0 Å². The fourth-order valence-electron chi connectivity index (χ4n) is 16.1. The van der Waals surface area contributed by atoms with Crippen LogP contribution in [0, 0.1) is 11.8 Å². The largest absolute Gasteiger partial charge is 0.310 e. The summed E-state index contributed by atoms with van der Waals surface area (Å²) in [6.45, 7) is 11.1. The van der Waals surface area contributed by atoms with Gasteiger partial charge in [-0.2, -0.15) is 0 Å². The Hall–Kier alpha value is -5.26. The third kappa shape index (κ3) is 23.9. The van der Waals surface area contributed by atoms with E-state index in [4.69, 9.17) is 9.98 Å². The summed E-state index contributed by atoms with van der Waals surface area (Å²) < 4.78 is 0. The predicted octanol–water partition coefficient (Wildman–Crippen LogP) is 28.7. The summed E-state index contributed by atoms with van der Waals surface area (Å²) >= 11 is 7.20. The molecule has 0 spiro atoms. The van der Waals surface area contributed by atoms with Crippen LogP contribution in [0.2, 0.25) is 0 Å². The van der Waals surface area contributed by atoms with Crippen LogP contribution in [-0.4, -0.2) is 56.5 Å². The van der Waals surface area contributed by atoms with Gasteiger partial charge in [-0.1, -0.05) is 386 Å². The zero-order valence-electron chi connectivity index (χ0n) is 63.4. The first kappa shape index (κ1) is 79.3. The second kappa shape index (κ2) is 44.6. The minimum atomic E-state index is -0.156. The fraction of sp³-hybridized carbons (Fsp3) is 0.565. The smallest absolute Gasteiger partial charge is 0.261 e. The summed E-state index contributed by atoms with van der Waals surface area (Å²) in [6, 6.07) is 43.9. The van der Waals surface area contributed by atoms with Crippen molar-refractivity contribution < 1.29 is 9.59 Å². The Kier molecular flexibility index (Phi) is 34.7. The predicted molar refractivity (Wildman–Crippen MR) is 447 cm³/mol. The number of carbonyl (C=O) groups excluding carboxylic acids is 2. The summed E-state index contributed by atoms with van der Waals surface area (Å²) in [5, 5.41) is 2.14. The van der Waals surface area contributed by atoms with Crippen molar-refractivity contribution in [2.24, 2.45) is 16.8 Å². The number of rotatable bonds is 52. The molecule has 10 rings (SSSR count). The molecule has 4 aromatic carbocycles. The molecular weight excluding hydrogens is 1320 g/mol. The van der Waals surface area contributed by atoms with E-state index in [0.717, 1.165) is 63.3 Å². The monoisotopic (exact) mass is 1450 g/mol. The van der Waals surface area contributed by atoms with Gasteiger partial charge in [-0.15, -0.1) is 34.4 Å². The molecule has 6 heterocycles. The lowest BCUT2D eigenvalue weighted by molar-refractivity contribution is -0.125. The van der Waals surface area contributed by atoms with Crippen molar-refractivity contribution in [3.63, 3.8) is 0 Å². The second-order valence-electron chi connectivity index (χ2n) is 30.3. The van der Waals surface area contributed by atoms with Crippen LogP contribution in [0.3, 0.4) is 0 Å². The number of aliphatic imine (C=N–C) groups is 1. The molecule has 10 heteroatoms. The van der Waals surface area contributed by atoms with E-state index in [-0.39, 0.29) is 17.1 Å². The molecule has 102 heavy (non-hydrogen) atoms. The number of thiazole rings is 1. The average molecular weight is 1450 g/mol. The minimum absolute atomic E-state index is 0.0268. The fourth-order valence-corrected chi connectivity index (χ4v) is 20.7. The molecular formula is C92H126N4O2S4. The van der Waals surface area contributed by atoms with Gasteiger partial charge in [0.1, 0.15) is 10.1 Å². The van der Waals surface area contributed by atoms with Crippen molar-refractivity contribution in [3.05, 3.63) is 166 Å². The minimum Gasteiger partial charge on any atom is -0.310 e. The Bertz CT molecular complexity index is 3540. The summed E-state index contributed by atoms with van der Waals surface area (Å²) in [7, 11) is 0. The second-order valence-corrected chi connectivity index (χ2v) is 34.9. The molecule has 0 aliphatic carbocycles. The maximum Gasteiger partial charge on any atom is 0.261 e. The van der Waals surface area contributed by atoms with Crippen molar-refractivity contribution in [1.82, 2.24) is 14.8 Å². The standard InChI is InChI=1S/C92H126N4O2S4/c1-5-9-13-17-21-25-27-31-35-41-49-71(47-39-33-29-23-19-15-11-7-3)69-95-87(83-67-93-89(101-83)81-65-63-79(99-81)77-59-55-75(56-60-77)73-51-43-37-44-52-73)85-86(91(95)97)88(84-68-94-90(102-84)82-66-64-80(100-82)78-61-57-76(58-62-78)74-53-45-38-46-54-74)96(92(85)98)70-72(48-40-34-30-24-20-16-12-8-4)50-42-36-32-28-26-22-18-14-10-6-2/h37-38,43-46,51-63,65-67,71-72,80,84H,5-36,39-42,47-50,64,68-70H2,1-4H3. The normalized spacial score (nSPS) is 16.7. The van der Waals surface area contributed by atoms with Gasteiger partial charge in [0.2, 0.25) is 0 Å². The van der Waals surface area contributed by atoms with Gasteiger partial charge in [0.15, 0.2) is 0 Å². The molecule has 550 valence electrons. The highest BCUT2D eigenvalue weighted by Gasteiger charge is 2.52. The number of thiophene rings is 1. The van der Waals surface area contributed by atoms with E-state index < -0.39 is 0 Å². The first-order chi connectivity index (χ1) is 50.3. The van der Waals surface area contributed by atoms with Gasteiger partial charge < -0.3 is 9.80 Å². The van der Waals surface area contributed by atoms with Crippen molar-refractivity contribution in [2.75, 3.05) is 19.6 Å². The molecule has 2 aromatic heterocycles. The lowest BCUT2D eigenvalue weighted by Gasteiger charge is -2.31. The Morgan fingerprint density at radius 1 is 0.392 bits per heavy atom. The molecule has 0 fully saturated rings. The number of benzene rings is 4. The van der Waals surface area contributed by atoms with Gasteiger partial charge >= 0.3 is 0 Å². The summed E-state index contributed by atoms with van der Waals surface area (Å²) in [6.07, 6.45) is 56.6. The number of fused-ring (bicyclic) bond motifs is 1. The number of aromatic nitrogens is 1. The van der Waals surface area contributed by atoms with Crippen LogP contribution < -0.4 is 0 Å². The molecule has 4 atom stereocenters. The molecule has 4 aliphatic heterocycles. The number of carbonyl (C=O) groups is 2. The molecule has 4 aliphatic rings. The maximum atomic E-state index is 16.6. The highest BCUT2D eigenvalue weighted by molar-refractivity contribution is 8.18. The number of nitrogens with zero attached hydrogens (tertiary/aromatic N) is 4. The number of amides is 2.